The minimum Gasteiger partial charge on any atom is -0.393 e. The van der Waals surface area contributed by atoms with Crippen molar-refractivity contribution in [3.05, 3.63) is 28.0 Å². The molecule has 1 heterocycles. The average molecular weight is 257 g/mol. The highest BCUT2D eigenvalue weighted by Gasteiger charge is 2.30. The second-order valence-corrected chi connectivity index (χ2v) is 5.04. The second kappa shape index (κ2) is 3.62. The van der Waals surface area contributed by atoms with E-state index in [1.165, 1.54) is 0 Å². The van der Waals surface area contributed by atoms with Crippen LogP contribution >= 0.6 is 23.2 Å². The topological polar surface area (TPSA) is 48.9 Å². The Hall–Kier alpha value is -0.770. The number of H-pyrrole nitrogens is 1. The van der Waals surface area contributed by atoms with Gasteiger partial charge in [-0.25, -0.2) is 4.98 Å². The Morgan fingerprint density at radius 2 is 1.94 bits per heavy atom. The lowest BCUT2D eigenvalue weighted by Gasteiger charge is -2.29. The molecule has 0 atom stereocenters. The molecule has 1 aromatic heterocycles. The van der Waals surface area contributed by atoms with Crippen LogP contribution in [0.4, 0.5) is 0 Å². The summed E-state index contributed by atoms with van der Waals surface area (Å²) in [5.74, 6) is 1.25. The molecule has 0 saturated heterocycles. The van der Waals surface area contributed by atoms with Gasteiger partial charge in [0.1, 0.15) is 5.82 Å². The van der Waals surface area contributed by atoms with Gasteiger partial charge in [-0.05, 0) is 25.0 Å². The minimum atomic E-state index is -0.176. The van der Waals surface area contributed by atoms with Crippen molar-refractivity contribution in [2.24, 2.45) is 0 Å². The summed E-state index contributed by atoms with van der Waals surface area (Å²) in [6.45, 7) is 0. The first-order chi connectivity index (χ1) is 7.63. The van der Waals surface area contributed by atoms with E-state index in [-0.39, 0.29) is 6.10 Å². The van der Waals surface area contributed by atoms with Gasteiger partial charge in [0, 0.05) is 5.92 Å². The maximum atomic E-state index is 9.26. The van der Waals surface area contributed by atoms with Crippen LogP contribution in [0.2, 0.25) is 10.0 Å². The lowest BCUT2D eigenvalue weighted by Crippen LogP contribution is -2.27. The number of nitrogens with zero attached hydrogens (tertiary/aromatic N) is 1. The molecule has 1 aliphatic rings. The van der Waals surface area contributed by atoms with E-state index in [0.717, 1.165) is 29.7 Å². The van der Waals surface area contributed by atoms with E-state index in [1.54, 1.807) is 12.1 Å². The van der Waals surface area contributed by atoms with Crippen molar-refractivity contribution in [2.75, 3.05) is 0 Å². The van der Waals surface area contributed by atoms with E-state index in [0.29, 0.717) is 16.0 Å². The van der Waals surface area contributed by atoms with Gasteiger partial charge in [-0.15, -0.1) is 0 Å². The number of hydrogen-bond acceptors (Lipinski definition) is 2. The van der Waals surface area contributed by atoms with Gasteiger partial charge in [-0.3, -0.25) is 0 Å². The van der Waals surface area contributed by atoms with E-state index in [2.05, 4.69) is 9.97 Å². The predicted molar refractivity (Wildman–Crippen MR) is 64.1 cm³/mol. The number of aromatic nitrogens is 2. The molecule has 0 radical (unpaired) electrons. The number of aromatic amines is 1. The van der Waals surface area contributed by atoms with Gasteiger partial charge in [0.15, 0.2) is 0 Å². The summed E-state index contributed by atoms with van der Waals surface area (Å²) in [5.41, 5.74) is 1.72. The van der Waals surface area contributed by atoms with E-state index >= 15 is 0 Å². The maximum absolute atomic E-state index is 9.26. The van der Waals surface area contributed by atoms with Gasteiger partial charge < -0.3 is 10.1 Å². The average Bonchev–Trinajstić information content (AvgIpc) is 2.56. The molecule has 0 amide bonds. The molecule has 0 aliphatic heterocycles. The van der Waals surface area contributed by atoms with Crippen molar-refractivity contribution in [2.45, 2.75) is 24.9 Å². The van der Waals surface area contributed by atoms with Crippen LogP contribution in [0.25, 0.3) is 11.0 Å². The van der Waals surface area contributed by atoms with Gasteiger partial charge in [-0.2, -0.15) is 0 Å². The monoisotopic (exact) mass is 256 g/mol. The number of rotatable bonds is 1. The summed E-state index contributed by atoms with van der Waals surface area (Å²) in [7, 11) is 0. The molecule has 2 aromatic rings. The highest BCUT2D eigenvalue weighted by Crippen LogP contribution is 2.36. The fourth-order valence-corrected chi connectivity index (χ4v) is 2.35. The highest BCUT2D eigenvalue weighted by molar-refractivity contribution is 6.42. The van der Waals surface area contributed by atoms with Crippen molar-refractivity contribution in [3.8, 4) is 0 Å². The van der Waals surface area contributed by atoms with Crippen LogP contribution < -0.4 is 0 Å². The summed E-state index contributed by atoms with van der Waals surface area (Å²) in [4.78, 5) is 7.68. The van der Waals surface area contributed by atoms with Crippen molar-refractivity contribution < 1.29 is 5.11 Å². The largest absolute Gasteiger partial charge is 0.393 e. The lowest BCUT2D eigenvalue weighted by molar-refractivity contribution is 0.0720. The molecule has 16 heavy (non-hydrogen) atoms. The van der Waals surface area contributed by atoms with Crippen LogP contribution in [0.5, 0.6) is 0 Å². The molecule has 84 valence electrons. The van der Waals surface area contributed by atoms with Gasteiger partial charge in [0.25, 0.3) is 0 Å². The van der Waals surface area contributed by atoms with E-state index in [9.17, 15) is 5.11 Å². The molecule has 1 aromatic carbocycles. The zero-order valence-corrected chi connectivity index (χ0v) is 9.89. The third-order valence-electron chi connectivity index (χ3n) is 3.04. The van der Waals surface area contributed by atoms with E-state index in [1.807, 2.05) is 0 Å². The molecule has 0 unspecified atom stereocenters. The SMILES string of the molecule is OC1CC(c2nc3cc(Cl)c(Cl)cc3[nH]2)C1. The number of fused-ring (bicyclic) bond motifs is 1. The minimum absolute atomic E-state index is 0.176. The lowest BCUT2D eigenvalue weighted by atomic mass is 9.82. The molecular weight excluding hydrogens is 247 g/mol. The first kappa shape index (κ1) is 10.4. The number of imidazole rings is 1. The quantitative estimate of drug-likeness (QED) is 0.824. The standard InChI is InChI=1S/C11H10Cl2N2O/c12-7-3-9-10(4-8(7)13)15-11(14-9)5-1-6(16)2-5/h3-6,16H,1-2H2,(H,14,15). The summed E-state index contributed by atoms with van der Waals surface area (Å²) in [6, 6.07) is 3.54. The Morgan fingerprint density at radius 3 is 2.62 bits per heavy atom. The maximum Gasteiger partial charge on any atom is 0.110 e. The summed E-state index contributed by atoms with van der Waals surface area (Å²) in [5, 5.41) is 10.3. The van der Waals surface area contributed by atoms with Crippen molar-refractivity contribution in [1.29, 1.82) is 0 Å². The fraction of sp³-hybridized carbons (Fsp3) is 0.364. The third kappa shape index (κ3) is 1.59. The Kier molecular flexibility index (Phi) is 2.35. The van der Waals surface area contributed by atoms with Gasteiger partial charge >= 0.3 is 0 Å². The van der Waals surface area contributed by atoms with E-state index < -0.39 is 0 Å². The van der Waals surface area contributed by atoms with E-state index in [4.69, 9.17) is 23.2 Å². The van der Waals surface area contributed by atoms with Crippen LogP contribution in [-0.4, -0.2) is 21.2 Å². The Bertz CT molecular complexity index is 507. The molecule has 0 spiro atoms. The molecule has 2 N–H and O–H groups in total. The first-order valence-corrected chi connectivity index (χ1v) is 5.92. The van der Waals surface area contributed by atoms with Crippen LogP contribution in [0.3, 0.4) is 0 Å². The first-order valence-electron chi connectivity index (χ1n) is 5.16. The molecule has 0 bridgehead atoms. The Morgan fingerprint density at radius 1 is 1.25 bits per heavy atom. The summed E-state index contributed by atoms with van der Waals surface area (Å²) in [6.07, 6.45) is 1.38. The Balaban J connectivity index is 2.03. The van der Waals surface area contributed by atoms with Crippen LogP contribution in [0, 0.1) is 0 Å². The summed E-state index contributed by atoms with van der Waals surface area (Å²) >= 11 is 11.8. The number of benzene rings is 1. The zero-order chi connectivity index (χ0) is 11.3. The van der Waals surface area contributed by atoms with Crippen LogP contribution in [0.15, 0.2) is 12.1 Å². The molecule has 1 fully saturated rings. The van der Waals surface area contributed by atoms with Gasteiger partial charge in [0.2, 0.25) is 0 Å². The van der Waals surface area contributed by atoms with Crippen LogP contribution in [-0.2, 0) is 0 Å². The molecule has 3 rings (SSSR count). The Labute approximate surface area is 102 Å². The number of hydrogen-bond donors (Lipinski definition) is 2. The summed E-state index contributed by atoms with van der Waals surface area (Å²) < 4.78 is 0. The molecular formula is C11H10Cl2N2O. The van der Waals surface area contributed by atoms with Gasteiger partial charge in [0.05, 0.1) is 27.2 Å². The number of halogens is 2. The van der Waals surface area contributed by atoms with Crippen molar-refractivity contribution in [3.63, 3.8) is 0 Å². The highest BCUT2D eigenvalue weighted by atomic mass is 35.5. The number of nitrogens with one attached hydrogen (secondary N) is 1. The normalized spacial score (nSPS) is 24.7. The van der Waals surface area contributed by atoms with Gasteiger partial charge in [-0.1, -0.05) is 23.2 Å². The smallest absolute Gasteiger partial charge is 0.110 e. The van der Waals surface area contributed by atoms with Crippen molar-refractivity contribution >= 4 is 34.2 Å². The second-order valence-electron chi connectivity index (χ2n) is 4.23. The number of aliphatic hydroxyl groups is 1. The number of aliphatic hydroxyl groups excluding tert-OH is 1. The van der Waals surface area contributed by atoms with Crippen LogP contribution in [0.1, 0.15) is 24.6 Å². The zero-order valence-electron chi connectivity index (χ0n) is 8.37. The molecule has 3 nitrogen and oxygen atoms in total. The molecule has 1 saturated carbocycles. The van der Waals surface area contributed by atoms with Crippen molar-refractivity contribution in [1.82, 2.24) is 9.97 Å². The predicted octanol–water partition coefficient (Wildman–Crippen LogP) is 3.11. The molecule has 1 aliphatic carbocycles. The fourth-order valence-electron chi connectivity index (χ4n) is 2.03. The third-order valence-corrected chi connectivity index (χ3v) is 3.76. The molecule has 5 heteroatoms.